The molecule has 0 spiro atoms. The second-order valence-corrected chi connectivity index (χ2v) is 4.53. The van der Waals surface area contributed by atoms with Crippen LogP contribution in [0.4, 0.5) is 0 Å². The van der Waals surface area contributed by atoms with Crippen molar-refractivity contribution in [2.24, 2.45) is 0 Å². The molecule has 18 heavy (non-hydrogen) atoms. The summed E-state index contributed by atoms with van der Waals surface area (Å²) < 4.78 is 5.63. The highest BCUT2D eigenvalue weighted by Crippen LogP contribution is 2.25. The van der Waals surface area contributed by atoms with E-state index in [2.05, 4.69) is 4.98 Å². The number of aliphatic hydroxyl groups is 1. The van der Waals surface area contributed by atoms with Gasteiger partial charge in [-0.05, 0) is 37.1 Å². The number of hydrogen-bond donors (Lipinski definition) is 1. The fraction of sp³-hybridized carbons (Fsp3) is 0.214. The van der Waals surface area contributed by atoms with Crippen LogP contribution in [-0.2, 0) is 6.61 Å². The molecule has 0 saturated heterocycles. The molecule has 1 aromatic heterocycles. The maximum absolute atomic E-state index is 9.12. The first-order valence-electron chi connectivity index (χ1n) is 5.60. The lowest BCUT2D eigenvalue weighted by atomic mass is 10.1. The third-order valence-electron chi connectivity index (χ3n) is 2.78. The van der Waals surface area contributed by atoms with E-state index in [0.29, 0.717) is 16.5 Å². The van der Waals surface area contributed by atoms with E-state index in [1.165, 1.54) is 11.8 Å². The zero-order chi connectivity index (χ0) is 13.1. The van der Waals surface area contributed by atoms with Crippen molar-refractivity contribution < 1.29 is 9.84 Å². The summed E-state index contributed by atoms with van der Waals surface area (Å²) in [5.41, 5.74) is 2.97. The quantitative estimate of drug-likeness (QED) is 0.919. The number of aromatic nitrogens is 1. The molecule has 0 amide bonds. The fourth-order valence-corrected chi connectivity index (χ4v) is 1.70. The Bertz CT molecular complexity index is 570. The normalized spacial score (nSPS) is 10.4. The Kier molecular flexibility index (Phi) is 3.84. The van der Waals surface area contributed by atoms with Gasteiger partial charge in [-0.2, -0.15) is 0 Å². The Hall–Kier alpha value is -1.58. The molecule has 94 valence electrons. The van der Waals surface area contributed by atoms with Crippen molar-refractivity contribution in [3.05, 3.63) is 52.2 Å². The standard InChI is InChI=1S/C14H14ClNO2/c1-9-3-4-12(5-10(9)2)18-14-6-11(8-17)13(15)7-16-14/h3-7,17H,8H2,1-2H3. The number of pyridine rings is 1. The van der Waals surface area contributed by atoms with Crippen molar-refractivity contribution in [1.29, 1.82) is 0 Å². The summed E-state index contributed by atoms with van der Waals surface area (Å²) in [5.74, 6) is 1.14. The molecule has 2 aromatic rings. The van der Waals surface area contributed by atoms with E-state index in [1.807, 2.05) is 32.0 Å². The van der Waals surface area contributed by atoms with Crippen molar-refractivity contribution in [2.75, 3.05) is 0 Å². The molecule has 0 saturated carbocycles. The zero-order valence-corrected chi connectivity index (χ0v) is 11.0. The van der Waals surface area contributed by atoms with Gasteiger partial charge in [-0.3, -0.25) is 0 Å². The molecule has 2 rings (SSSR count). The SMILES string of the molecule is Cc1ccc(Oc2cc(CO)c(Cl)cn2)cc1C. The van der Waals surface area contributed by atoms with E-state index in [9.17, 15) is 0 Å². The number of halogens is 1. The van der Waals surface area contributed by atoms with Crippen LogP contribution < -0.4 is 4.74 Å². The minimum Gasteiger partial charge on any atom is -0.439 e. The summed E-state index contributed by atoms with van der Waals surface area (Å²) in [7, 11) is 0. The highest BCUT2D eigenvalue weighted by Gasteiger charge is 2.05. The second-order valence-electron chi connectivity index (χ2n) is 4.12. The largest absolute Gasteiger partial charge is 0.439 e. The van der Waals surface area contributed by atoms with Gasteiger partial charge < -0.3 is 9.84 Å². The van der Waals surface area contributed by atoms with Crippen LogP contribution in [-0.4, -0.2) is 10.1 Å². The first-order valence-corrected chi connectivity index (χ1v) is 5.98. The molecular formula is C14H14ClNO2. The average Bonchev–Trinajstić information content (AvgIpc) is 2.36. The first-order chi connectivity index (χ1) is 8.60. The predicted octanol–water partition coefficient (Wildman–Crippen LogP) is 3.64. The molecule has 0 fully saturated rings. The minimum absolute atomic E-state index is 0.134. The van der Waals surface area contributed by atoms with E-state index in [1.54, 1.807) is 6.07 Å². The van der Waals surface area contributed by atoms with Crippen molar-refractivity contribution in [2.45, 2.75) is 20.5 Å². The van der Waals surface area contributed by atoms with Gasteiger partial charge in [-0.1, -0.05) is 17.7 Å². The van der Waals surface area contributed by atoms with Crippen molar-refractivity contribution >= 4 is 11.6 Å². The van der Waals surface area contributed by atoms with E-state index in [0.717, 1.165) is 11.3 Å². The number of benzene rings is 1. The van der Waals surface area contributed by atoms with Crippen molar-refractivity contribution in [3.8, 4) is 11.6 Å². The summed E-state index contributed by atoms with van der Waals surface area (Å²) >= 11 is 5.87. The number of nitrogens with zero attached hydrogens (tertiary/aromatic N) is 1. The summed E-state index contributed by atoms with van der Waals surface area (Å²) in [4.78, 5) is 4.07. The van der Waals surface area contributed by atoms with E-state index in [-0.39, 0.29) is 6.61 Å². The maximum Gasteiger partial charge on any atom is 0.219 e. The Morgan fingerprint density at radius 2 is 2.00 bits per heavy atom. The lowest BCUT2D eigenvalue weighted by Gasteiger charge is -2.08. The Labute approximate surface area is 111 Å². The van der Waals surface area contributed by atoms with Crippen LogP contribution in [0, 0.1) is 13.8 Å². The van der Waals surface area contributed by atoms with Gasteiger partial charge in [0.05, 0.1) is 11.6 Å². The van der Waals surface area contributed by atoms with Crippen molar-refractivity contribution in [1.82, 2.24) is 4.98 Å². The van der Waals surface area contributed by atoms with Gasteiger partial charge in [-0.25, -0.2) is 4.98 Å². The maximum atomic E-state index is 9.12. The molecule has 0 radical (unpaired) electrons. The molecule has 0 aliphatic heterocycles. The van der Waals surface area contributed by atoms with Gasteiger partial charge in [0.2, 0.25) is 5.88 Å². The van der Waals surface area contributed by atoms with E-state index >= 15 is 0 Å². The number of ether oxygens (including phenoxy) is 1. The first kappa shape index (κ1) is 12.9. The predicted molar refractivity (Wildman–Crippen MR) is 71.2 cm³/mol. The zero-order valence-electron chi connectivity index (χ0n) is 10.3. The number of aliphatic hydroxyl groups excluding tert-OH is 1. The van der Waals surface area contributed by atoms with Crippen LogP contribution in [0.15, 0.2) is 30.5 Å². The Morgan fingerprint density at radius 1 is 1.22 bits per heavy atom. The van der Waals surface area contributed by atoms with Crippen LogP contribution in [0.2, 0.25) is 5.02 Å². The molecule has 1 heterocycles. The van der Waals surface area contributed by atoms with Gasteiger partial charge in [0, 0.05) is 17.8 Å². The molecule has 3 nitrogen and oxygen atoms in total. The van der Waals surface area contributed by atoms with Crippen LogP contribution in [0.25, 0.3) is 0 Å². The topological polar surface area (TPSA) is 42.4 Å². The summed E-state index contributed by atoms with van der Waals surface area (Å²) in [6.45, 7) is 3.94. The van der Waals surface area contributed by atoms with Crippen LogP contribution in [0.1, 0.15) is 16.7 Å². The van der Waals surface area contributed by atoms with Gasteiger partial charge in [0.1, 0.15) is 5.75 Å². The number of rotatable bonds is 3. The van der Waals surface area contributed by atoms with E-state index in [4.69, 9.17) is 21.4 Å². The van der Waals surface area contributed by atoms with Gasteiger partial charge in [-0.15, -0.1) is 0 Å². The highest BCUT2D eigenvalue weighted by atomic mass is 35.5. The molecule has 0 atom stereocenters. The Morgan fingerprint density at radius 3 is 2.67 bits per heavy atom. The lowest BCUT2D eigenvalue weighted by molar-refractivity contribution is 0.281. The molecular weight excluding hydrogens is 250 g/mol. The second kappa shape index (κ2) is 5.38. The molecule has 0 aliphatic carbocycles. The summed E-state index contributed by atoms with van der Waals surface area (Å²) in [6.07, 6.45) is 1.48. The molecule has 1 aromatic carbocycles. The average molecular weight is 264 g/mol. The minimum atomic E-state index is -0.134. The molecule has 0 aliphatic rings. The lowest BCUT2D eigenvalue weighted by Crippen LogP contribution is -1.93. The Balaban J connectivity index is 2.25. The van der Waals surface area contributed by atoms with Crippen LogP contribution >= 0.6 is 11.6 Å². The fourth-order valence-electron chi connectivity index (χ4n) is 1.53. The summed E-state index contributed by atoms with van der Waals surface area (Å²) in [6, 6.07) is 7.46. The number of aryl methyl sites for hydroxylation is 2. The third-order valence-corrected chi connectivity index (χ3v) is 3.12. The van der Waals surface area contributed by atoms with E-state index < -0.39 is 0 Å². The number of hydrogen-bond acceptors (Lipinski definition) is 3. The smallest absolute Gasteiger partial charge is 0.219 e. The van der Waals surface area contributed by atoms with Gasteiger partial charge in [0.25, 0.3) is 0 Å². The summed E-state index contributed by atoms with van der Waals surface area (Å²) in [5, 5.41) is 9.56. The molecule has 0 bridgehead atoms. The molecule has 4 heteroatoms. The third kappa shape index (κ3) is 2.81. The van der Waals surface area contributed by atoms with Gasteiger partial charge in [0.15, 0.2) is 0 Å². The van der Waals surface area contributed by atoms with Crippen molar-refractivity contribution in [3.63, 3.8) is 0 Å². The molecule has 1 N–H and O–H groups in total. The van der Waals surface area contributed by atoms with Crippen LogP contribution in [0.5, 0.6) is 11.6 Å². The highest BCUT2D eigenvalue weighted by molar-refractivity contribution is 6.31. The van der Waals surface area contributed by atoms with Gasteiger partial charge >= 0.3 is 0 Å². The van der Waals surface area contributed by atoms with Crippen LogP contribution in [0.3, 0.4) is 0 Å². The monoisotopic (exact) mass is 263 g/mol. The molecule has 0 unspecified atom stereocenters.